The van der Waals surface area contributed by atoms with Crippen molar-refractivity contribution < 1.29 is 9.90 Å². The number of carbonyl (C=O) groups is 1. The number of fused-ring (bicyclic) bond motifs is 1. The van der Waals surface area contributed by atoms with Crippen LogP contribution in [0.1, 0.15) is 48.0 Å². The summed E-state index contributed by atoms with van der Waals surface area (Å²) in [6.45, 7) is 3.14. The van der Waals surface area contributed by atoms with Gasteiger partial charge in [0, 0.05) is 18.1 Å². The van der Waals surface area contributed by atoms with Crippen molar-refractivity contribution in [1.82, 2.24) is 4.90 Å². The number of halogens is 1. The number of piperidine rings is 1. The molecule has 2 aliphatic rings. The van der Waals surface area contributed by atoms with Crippen LogP contribution in [-0.4, -0.2) is 29.1 Å². The van der Waals surface area contributed by atoms with Crippen LogP contribution in [0.25, 0.3) is 0 Å². The van der Waals surface area contributed by atoms with E-state index < -0.39 is 5.97 Å². The Labute approximate surface area is 130 Å². The zero-order valence-electron chi connectivity index (χ0n) is 12.2. The summed E-state index contributed by atoms with van der Waals surface area (Å²) in [4.78, 5) is 13.4. The lowest BCUT2D eigenvalue weighted by molar-refractivity contribution is 0.0696. The monoisotopic (exact) mass is 307 g/mol. The fourth-order valence-electron chi connectivity index (χ4n) is 3.87. The molecule has 3 nitrogen and oxygen atoms in total. The molecule has 3 rings (SSSR count). The fourth-order valence-corrected chi connectivity index (χ4v) is 4.11. The van der Waals surface area contributed by atoms with Crippen LogP contribution >= 0.6 is 11.6 Å². The van der Waals surface area contributed by atoms with E-state index >= 15 is 0 Å². The summed E-state index contributed by atoms with van der Waals surface area (Å²) in [5.41, 5.74) is 1.30. The van der Waals surface area contributed by atoms with Gasteiger partial charge in [-0.3, -0.25) is 4.90 Å². The summed E-state index contributed by atoms with van der Waals surface area (Å²) >= 11 is 6.24. The molecule has 21 heavy (non-hydrogen) atoms. The van der Waals surface area contributed by atoms with Gasteiger partial charge in [-0.15, -0.1) is 0 Å². The Bertz CT molecular complexity index is 532. The maximum absolute atomic E-state index is 10.9. The normalized spacial score (nSPS) is 26.3. The van der Waals surface area contributed by atoms with Gasteiger partial charge in [0.1, 0.15) is 0 Å². The standard InChI is InChI=1S/C17H22ClNO2/c18-16-9-13(17(20)21)5-6-15(16)11-19-8-7-12-3-1-2-4-14(12)10-19/h5-6,9,12,14H,1-4,7-8,10-11H2,(H,20,21). The van der Waals surface area contributed by atoms with Gasteiger partial charge in [-0.1, -0.05) is 36.9 Å². The van der Waals surface area contributed by atoms with Crippen LogP contribution in [0.4, 0.5) is 0 Å². The molecule has 1 aliphatic heterocycles. The number of aromatic carboxylic acids is 1. The van der Waals surface area contributed by atoms with E-state index in [4.69, 9.17) is 16.7 Å². The molecule has 0 spiro atoms. The van der Waals surface area contributed by atoms with Crippen molar-refractivity contribution in [2.75, 3.05) is 13.1 Å². The van der Waals surface area contributed by atoms with Gasteiger partial charge in [0.05, 0.1) is 5.56 Å². The first kappa shape index (κ1) is 14.9. The van der Waals surface area contributed by atoms with Crippen LogP contribution < -0.4 is 0 Å². The molecule has 1 saturated carbocycles. The molecule has 1 saturated heterocycles. The lowest BCUT2D eigenvalue weighted by atomic mass is 9.75. The summed E-state index contributed by atoms with van der Waals surface area (Å²) in [7, 11) is 0. The highest BCUT2D eigenvalue weighted by atomic mass is 35.5. The maximum Gasteiger partial charge on any atom is 0.335 e. The fraction of sp³-hybridized carbons (Fsp3) is 0.588. The predicted octanol–water partition coefficient (Wildman–Crippen LogP) is 4.05. The molecular formula is C17H22ClNO2. The van der Waals surface area contributed by atoms with E-state index in [0.29, 0.717) is 5.02 Å². The van der Waals surface area contributed by atoms with Gasteiger partial charge in [0.2, 0.25) is 0 Å². The Morgan fingerprint density at radius 1 is 1.24 bits per heavy atom. The number of carboxylic acid groups (broad SMARTS) is 1. The number of benzene rings is 1. The largest absolute Gasteiger partial charge is 0.478 e. The minimum Gasteiger partial charge on any atom is -0.478 e. The Balaban J connectivity index is 1.65. The highest BCUT2D eigenvalue weighted by Gasteiger charge is 2.31. The molecule has 2 unspecified atom stereocenters. The lowest BCUT2D eigenvalue weighted by Crippen LogP contribution is -2.41. The maximum atomic E-state index is 10.9. The minimum atomic E-state index is -0.925. The molecule has 4 heteroatoms. The number of likely N-dealkylation sites (tertiary alicyclic amines) is 1. The van der Waals surface area contributed by atoms with Crippen molar-refractivity contribution in [3.8, 4) is 0 Å². The Morgan fingerprint density at radius 3 is 2.71 bits per heavy atom. The third kappa shape index (κ3) is 3.41. The van der Waals surface area contributed by atoms with E-state index in [1.54, 1.807) is 12.1 Å². The van der Waals surface area contributed by atoms with Crippen molar-refractivity contribution >= 4 is 17.6 Å². The highest BCUT2D eigenvalue weighted by molar-refractivity contribution is 6.31. The van der Waals surface area contributed by atoms with Crippen LogP contribution in [0.2, 0.25) is 5.02 Å². The average Bonchev–Trinajstić information content (AvgIpc) is 2.49. The van der Waals surface area contributed by atoms with Crippen LogP contribution in [0.5, 0.6) is 0 Å². The Hall–Kier alpha value is -1.06. The molecular weight excluding hydrogens is 286 g/mol. The van der Waals surface area contributed by atoms with Gasteiger partial charge in [-0.2, -0.15) is 0 Å². The van der Waals surface area contributed by atoms with Gasteiger partial charge in [-0.05, 0) is 48.9 Å². The summed E-state index contributed by atoms with van der Waals surface area (Å²) in [5, 5.41) is 9.55. The van der Waals surface area contributed by atoms with E-state index in [1.807, 2.05) is 6.07 Å². The molecule has 0 aromatic heterocycles. The smallest absolute Gasteiger partial charge is 0.335 e. The topological polar surface area (TPSA) is 40.5 Å². The molecule has 1 aromatic rings. The third-order valence-electron chi connectivity index (χ3n) is 5.07. The zero-order chi connectivity index (χ0) is 14.8. The van der Waals surface area contributed by atoms with Crippen molar-refractivity contribution in [2.45, 2.75) is 38.6 Å². The van der Waals surface area contributed by atoms with Gasteiger partial charge in [-0.25, -0.2) is 4.79 Å². The van der Waals surface area contributed by atoms with Gasteiger partial charge in [0.25, 0.3) is 0 Å². The van der Waals surface area contributed by atoms with Crippen molar-refractivity contribution in [1.29, 1.82) is 0 Å². The van der Waals surface area contributed by atoms with E-state index in [1.165, 1.54) is 38.6 Å². The average molecular weight is 308 g/mol. The van der Waals surface area contributed by atoms with Crippen LogP contribution in [0.15, 0.2) is 18.2 Å². The van der Waals surface area contributed by atoms with E-state index in [2.05, 4.69) is 4.90 Å². The summed E-state index contributed by atoms with van der Waals surface area (Å²) in [5.74, 6) is 0.857. The predicted molar refractivity (Wildman–Crippen MR) is 83.8 cm³/mol. The van der Waals surface area contributed by atoms with Gasteiger partial charge in [0.15, 0.2) is 0 Å². The number of rotatable bonds is 3. The molecule has 1 N–H and O–H groups in total. The molecule has 0 amide bonds. The summed E-state index contributed by atoms with van der Waals surface area (Å²) < 4.78 is 0. The molecule has 0 bridgehead atoms. The second-order valence-corrected chi connectivity index (χ2v) is 6.85. The first-order chi connectivity index (χ1) is 10.1. The highest BCUT2D eigenvalue weighted by Crippen LogP contribution is 2.36. The van der Waals surface area contributed by atoms with E-state index in [9.17, 15) is 4.79 Å². The Kier molecular flexibility index (Phi) is 4.51. The molecule has 1 aliphatic carbocycles. The first-order valence-electron chi connectivity index (χ1n) is 7.87. The summed E-state index contributed by atoms with van der Waals surface area (Å²) in [6.07, 6.45) is 6.86. The number of nitrogens with zero attached hydrogens (tertiary/aromatic N) is 1. The number of hydrogen-bond donors (Lipinski definition) is 1. The van der Waals surface area contributed by atoms with E-state index in [0.717, 1.165) is 30.5 Å². The minimum absolute atomic E-state index is 0.259. The molecule has 0 radical (unpaired) electrons. The van der Waals surface area contributed by atoms with Crippen LogP contribution in [0, 0.1) is 11.8 Å². The van der Waals surface area contributed by atoms with Crippen LogP contribution in [0.3, 0.4) is 0 Å². The number of hydrogen-bond acceptors (Lipinski definition) is 2. The van der Waals surface area contributed by atoms with Crippen molar-refractivity contribution in [3.05, 3.63) is 34.3 Å². The second kappa shape index (κ2) is 6.37. The molecule has 1 aromatic carbocycles. The van der Waals surface area contributed by atoms with Gasteiger partial charge >= 0.3 is 5.97 Å². The van der Waals surface area contributed by atoms with Crippen molar-refractivity contribution in [2.24, 2.45) is 11.8 Å². The summed E-state index contributed by atoms with van der Waals surface area (Å²) in [6, 6.07) is 5.07. The number of carboxylic acids is 1. The molecule has 2 atom stereocenters. The molecule has 1 heterocycles. The van der Waals surface area contributed by atoms with Crippen molar-refractivity contribution in [3.63, 3.8) is 0 Å². The first-order valence-corrected chi connectivity index (χ1v) is 8.25. The Morgan fingerprint density at radius 2 is 2.00 bits per heavy atom. The van der Waals surface area contributed by atoms with Gasteiger partial charge < -0.3 is 5.11 Å². The molecule has 2 fully saturated rings. The SMILES string of the molecule is O=C(O)c1ccc(CN2CCC3CCCCC3C2)c(Cl)c1. The second-order valence-electron chi connectivity index (χ2n) is 6.44. The lowest BCUT2D eigenvalue weighted by Gasteiger charge is -2.41. The molecule has 114 valence electrons. The quantitative estimate of drug-likeness (QED) is 0.916. The van der Waals surface area contributed by atoms with Crippen LogP contribution in [-0.2, 0) is 6.54 Å². The third-order valence-corrected chi connectivity index (χ3v) is 5.42. The zero-order valence-corrected chi connectivity index (χ0v) is 13.0. The van der Waals surface area contributed by atoms with E-state index in [-0.39, 0.29) is 5.56 Å².